The van der Waals surface area contributed by atoms with Crippen LogP contribution < -0.4 is 10.1 Å². The van der Waals surface area contributed by atoms with Crippen LogP contribution >= 0.6 is 0 Å². The number of carbonyl (C=O) groups excluding carboxylic acids is 1. The zero-order valence-corrected chi connectivity index (χ0v) is 12.4. The van der Waals surface area contributed by atoms with Gasteiger partial charge in [0.05, 0.1) is 14.2 Å². The first kappa shape index (κ1) is 14.9. The molecule has 2 rings (SSSR count). The van der Waals surface area contributed by atoms with Crippen molar-refractivity contribution in [2.75, 3.05) is 19.5 Å². The van der Waals surface area contributed by atoms with Crippen LogP contribution in [0.5, 0.6) is 5.75 Å². The van der Waals surface area contributed by atoms with E-state index in [2.05, 4.69) is 5.32 Å². The lowest BCUT2D eigenvalue weighted by Gasteiger charge is -2.29. The number of benzene rings is 2. The summed E-state index contributed by atoms with van der Waals surface area (Å²) in [6.45, 7) is 1.79. The molecule has 0 aliphatic rings. The Bertz CT molecular complexity index is 612. The van der Waals surface area contributed by atoms with E-state index in [0.29, 0.717) is 5.75 Å². The van der Waals surface area contributed by atoms with Crippen molar-refractivity contribution in [3.8, 4) is 5.75 Å². The summed E-state index contributed by atoms with van der Waals surface area (Å²) >= 11 is 0. The van der Waals surface area contributed by atoms with Crippen LogP contribution in [-0.2, 0) is 15.1 Å². The highest BCUT2D eigenvalue weighted by Crippen LogP contribution is 2.29. The van der Waals surface area contributed by atoms with Crippen LogP contribution in [0.2, 0.25) is 0 Å². The van der Waals surface area contributed by atoms with E-state index in [0.717, 1.165) is 11.3 Å². The quantitative estimate of drug-likeness (QED) is 0.857. The van der Waals surface area contributed by atoms with Crippen molar-refractivity contribution in [3.05, 3.63) is 60.2 Å². The van der Waals surface area contributed by atoms with Gasteiger partial charge in [-0.25, -0.2) is 4.79 Å². The van der Waals surface area contributed by atoms with E-state index in [4.69, 9.17) is 9.47 Å². The molecule has 4 nitrogen and oxygen atoms in total. The molecule has 0 heterocycles. The van der Waals surface area contributed by atoms with E-state index in [1.165, 1.54) is 7.11 Å². The predicted molar refractivity (Wildman–Crippen MR) is 82.4 cm³/mol. The molecular weight excluding hydrogens is 266 g/mol. The molecule has 21 heavy (non-hydrogen) atoms. The molecule has 0 saturated carbocycles. The van der Waals surface area contributed by atoms with Gasteiger partial charge < -0.3 is 14.8 Å². The molecule has 0 fully saturated rings. The fourth-order valence-electron chi connectivity index (χ4n) is 2.19. The number of esters is 1. The largest absolute Gasteiger partial charge is 0.497 e. The van der Waals surface area contributed by atoms with Gasteiger partial charge in [0.25, 0.3) is 0 Å². The smallest absolute Gasteiger partial charge is 0.335 e. The van der Waals surface area contributed by atoms with Gasteiger partial charge in [0.15, 0.2) is 5.54 Å². The summed E-state index contributed by atoms with van der Waals surface area (Å²) in [5, 5.41) is 3.24. The first-order valence-electron chi connectivity index (χ1n) is 6.66. The first-order valence-corrected chi connectivity index (χ1v) is 6.66. The number of rotatable bonds is 5. The summed E-state index contributed by atoms with van der Waals surface area (Å²) in [5.74, 6) is 0.331. The van der Waals surface area contributed by atoms with Gasteiger partial charge in [0.1, 0.15) is 5.75 Å². The summed E-state index contributed by atoms with van der Waals surface area (Å²) in [6, 6.07) is 16.9. The Morgan fingerprint density at radius 2 is 1.76 bits per heavy atom. The van der Waals surface area contributed by atoms with Crippen molar-refractivity contribution in [2.24, 2.45) is 0 Å². The van der Waals surface area contributed by atoms with E-state index in [1.807, 2.05) is 54.6 Å². The van der Waals surface area contributed by atoms with E-state index in [-0.39, 0.29) is 5.97 Å². The Kier molecular flexibility index (Phi) is 4.48. The van der Waals surface area contributed by atoms with Crippen LogP contribution in [0, 0.1) is 0 Å². The summed E-state index contributed by atoms with van der Waals surface area (Å²) < 4.78 is 10.2. The van der Waals surface area contributed by atoms with Crippen molar-refractivity contribution in [1.29, 1.82) is 0 Å². The Morgan fingerprint density at radius 1 is 1.05 bits per heavy atom. The third kappa shape index (κ3) is 3.16. The molecular formula is C17H19NO3. The maximum atomic E-state index is 12.3. The van der Waals surface area contributed by atoms with Gasteiger partial charge in [0.2, 0.25) is 0 Å². The minimum Gasteiger partial charge on any atom is -0.497 e. The zero-order valence-electron chi connectivity index (χ0n) is 12.4. The topological polar surface area (TPSA) is 47.6 Å². The maximum Gasteiger partial charge on any atom is 0.335 e. The standard InChI is InChI=1S/C17H19NO3/c1-17(16(19)21-3,18-14-9-5-4-6-10-14)13-8-7-11-15(12-13)20-2/h4-12,18H,1-3H3. The highest BCUT2D eigenvalue weighted by molar-refractivity contribution is 5.85. The van der Waals surface area contributed by atoms with Crippen LogP contribution in [0.1, 0.15) is 12.5 Å². The lowest BCUT2D eigenvalue weighted by Crippen LogP contribution is -2.41. The lowest BCUT2D eigenvalue weighted by molar-refractivity contribution is -0.145. The van der Waals surface area contributed by atoms with Crippen molar-refractivity contribution in [3.63, 3.8) is 0 Å². The number of para-hydroxylation sites is 1. The minimum atomic E-state index is -0.995. The molecule has 0 bridgehead atoms. The number of hydrogen-bond acceptors (Lipinski definition) is 4. The molecule has 1 N–H and O–H groups in total. The molecule has 0 amide bonds. The van der Waals surface area contributed by atoms with Crippen molar-refractivity contribution in [1.82, 2.24) is 0 Å². The maximum absolute atomic E-state index is 12.3. The van der Waals surface area contributed by atoms with Gasteiger partial charge >= 0.3 is 5.97 Å². The van der Waals surface area contributed by atoms with Crippen molar-refractivity contribution >= 4 is 11.7 Å². The molecule has 2 aromatic rings. The van der Waals surface area contributed by atoms with E-state index in [1.54, 1.807) is 14.0 Å². The average molecular weight is 285 g/mol. The number of carbonyl (C=O) groups is 1. The van der Waals surface area contributed by atoms with Gasteiger partial charge in [-0.05, 0) is 36.8 Å². The molecule has 0 aromatic heterocycles. The van der Waals surface area contributed by atoms with Crippen LogP contribution in [0.3, 0.4) is 0 Å². The van der Waals surface area contributed by atoms with Crippen LogP contribution in [-0.4, -0.2) is 20.2 Å². The van der Waals surface area contributed by atoms with Crippen LogP contribution in [0.25, 0.3) is 0 Å². The van der Waals surface area contributed by atoms with E-state index < -0.39 is 5.54 Å². The fraction of sp³-hybridized carbons (Fsp3) is 0.235. The van der Waals surface area contributed by atoms with Gasteiger partial charge in [-0.15, -0.1) is 0 Å². The Hall–Kier alpha value is -2.49. The number of hydrogen-bond donors (Lipinski definition) is 1. The SMILES string of the molecule is COC(=O)C(C)(Nc1ccccc1)c1cccc(OC)c1. The Labute approximate surface area is 124 Å². The van der Waals surface area contributed by atoms with Crippen LogP contribution in [0.4, 0.5) is 5.69 Å². The summed E-state index contributed by atoms with van der Waals surface area (Å²) in [4.78, 5) is 12.3. The third-order valence-electron chi connectivity index (χ3n) is 3.41. The average Bonchev–Trinajstić information content (AvgIpc) is 2.54. The molecule has 0 aliphatic heterocycles. The molecule has 0 aliphatic carbocycles. The van der Waals surface area contributed by atoms with Crippen molar-refractivity contribution in [2.45, 2.75) is 12.5 Å². The second-order valence-corrected chi connectivity index (χ2v) is 4.84. The zero-order chi connectivity index (χ0) is 15.3. The second-order valence-electron chi connectivity index (χ2n) is 4.84. The normalized spacial score (nSPS) is 13.1. The molecule has 2 aromatic carbocycles. The summed E-state index contributed by atoms with van der Waals surface area (Å²) in [6.07, 6.45) is 0. The van der Waals surface area contributed by atoms with E-state index in [9.17, 15) is 4.79 Å². The van der Waals surface area contributed by atoms with Crippen LogP contribution in [0.15, 0.2) is 54.6 Å². The molecule has 1 unspecified atom stereocenters. The number of ether oxygens (including phenoxy) is 2. The second kappa shape index (κ2) is 6.31. The molecule has 1 atom stereocenters. The molecule has 0 saturated heterocycles. The third-order valence-corrected chi connectivity index (χ3v) is 3.41. The number of methoxy groups -OCH3 is 2. The van der Waals surface area contributed by atoms with Gasteiger partial charge in [-0.2, -0.15) is 0 Å². The first-order chi connectivity index (χ1) is 10.1. The fourth-order valence-corrected chi connectivity index (χ4v) is 2.19. The van der Waals surface area contributed by atoms with Gasteiger partial charge in [-0.3, -0.25) is 0 Å². The molecule has 0 radical (unpaired) electrons. The predicted octanol–water partition coefficient (Wildman–Crippen LogP) is 3.20. The lowest BCUT2D eigenvalue weighted by atomic mass is 9.91. The molecule has 4 heteroatoms. The van der Waals surface area contributed by atoms with Gasteiger partial charge in [-0.1, -0.05) is 30.3 Å². The molecule has 110 valence electrons. The Balaban J connectivity index is 2.43. The highest BCUT2D eigenvalue weighted by atomic mass is 16.5. The monoisotopic (exact) mass is 285 g/mol. The highest BCUT2D eigenvalue weighted by Gasteiger charge is 2.36. The summed E-state index contributed by atoms with van der Waals surface area (Å²) in [5.41, 5.74) is 0.621. The Morgan fingerprint density at radius 3 is 2.38 bits per heavy atom. The molecule has 0 spiro atoms. The van der Waals surface area contributed by atoms with Crippen molar-refractivity contribution < 1.29 is 14.3 Å². The summed E-state index contributed by atoms with van der Waals surface area (Å²) in [7, 11) is 2.98. The van der Waals surface area contributed by atoms with E-state index >= 15 is 0 Å². The number of nitrogens with one attached hydrogen (secondary N) is 1. The van der Waals surface area contributed by atoms with Gasteiger partial charge in [0, 0.05) is 5.69 Å². The minimum absolute atomic E-state index is 0.361. The number of anilines is 1.